The molecule has 3 N–H and O–H groups in total. The number of benzene rings is 1. The third kappa shape index (κ3) is 9.79. The van der Waals surface area contributed by atoms with E-state index in [9.17, 15) is 4.79 Å². The Labute approximate surface area is 151 Å². The molecule has 0 radical (unpaired) electrons. The molecule has 0 aliphatic heterocycles. The van der Waals surface area contributed by atoms with Crippen molar-refractivity contribution in [3.8, 4) is 0 Å². The monoisotopic (exact) mass is 365 g/mol. The number of nitrogens with one attached hydrogen (secondary N) is 1. The predicted molar refractivity (Wildman–Crippen MR) is 99.6 cm³/mol. The van der Waals surface area contributed by atoms with E-state index in [2.05, 4.69) is 10.2 Å². The summed E-state index contributed by atoms with van der Waals surface area (Å²) in [5.74, 6) is -0.135. The molecule has 0 spiro atoms. The third-order valence-electron chi connectivity index (χ3n) is 3.40. The molecule has 1 aromatic carbocycles. The van der Waals surface area contributed by atoms with Crippen LogP contribution in [0.25, 0.3) is 0 Å². The maximum absolute atomic E-state index is 12.0. The average Bonchev–Trinajstić information content (AvgIpc) is 2.47. The fourth-order valence-electron chi connectivity index (χ4n) is 2.00. The fourth-order valence-corrected chi connectivity index (χ4v) is 2.00. The summed E-state index contributed by atoms with van der Waals surface area (Å²) in [7, 11) is 3.73. The van der Waals surface area contributed by atoms with Crippen LogP contribution in [0.3, 0.4) is 0 Å². The van der Waals surface area contributed by atoms with Gasteiger partial charge in [-0.05, 0) is 26.0 Å². The number of ether oxygens (including phenoxy) is 1. The number of hydrogen-bond acceptors (Lipinski definition) is 4. The number of rotatable bonds is 9. The molecule has 134 valence electrons. The molecule has 1 amide bonds. The molecular weight excluding hydrogens is 337 g/mol. The van der Waals surface area contributed by atoms with Gasteiger partial charge < -0.3 is 20.7 Å². The molecular formula is C16H29Cl2N3O2. The summed E-state index contributed by atoms with van der Waals surface area (Å²) in [4.78, 5) is 14.2. The number of carbonyl (C=O) groups is 1. The van der Waals surface area contributed by atoms with Gasteiger partial charge in [0.25, 0.3) is 0 Å². The zero-order chi connectivity index (χ0) is 15.7. The van der Waals surface area contributed by atoms with Crippen molar-refractivity contribution in [3.63, 3.8) is 0 Å². The molecule has 5 nitrogen and oxygen atoms in total. The van der Waals surface area contributed by atoms with E-state index in [-0.39, 0.29) is 30.7 Å². The second-order valence-corrected chi connectivity index (χ2v) is 5.33. The fraction of sp³-hybridized carbons (Fsp3) is 0.562. The summed E-state index contributed by atoms with van der Waals surface area (Å²) in [6, 6.07) is 7.12. The molecule has 7 heteroatoms. The van der Waals surface area contributed by atoms with E-state index in [1.807, 2.05) is 38.2 Å². The lowest BCUT2D eigenvalue weighted by molar-refractivity contribution is -0.122. The highest BCUT2D eigenvalue weighted by Crippen LogP contribution is 2.11. The van der Waals surface area contributed by atoms with Gasteiger partial charge in [0.15, 0.2) is 0 Å². The predicted octanol–water partition coefficient (Wildman–Crippen LogP) is 1.92. The standard InChI is InChI=1S/C16H27N3O2.2ClH/c1-13-5-7-14(8-6-13)15(17)16(20)18-9-11-19(2)10-4-12-21-3;;/h5-8,15H,4,9-12,17H2,1-3H3,(H,18,20);2*1H. The molecule has 1 aromatic rings. The van der Waals surface area contributed by atoms with E-state index in [1.165, 1.54) is 0 Å². The highest BCUT2D eigenvalue weighted by Gasteiger charge is 2.14. The number of carbonyl (C=O) groups excluding carboxylic acids is 1. The Morgan fingerprint density at radius 1 is 1.26 bits per heavy atom. The molecule has 0 aromatic heterocycles. The molecule has 1 rings (SSSR count). The van der Waals surface area contributed by atoms with Crippen molar-refractivity contribution in [2.45, 2.75) is 19.4 Å². The first-order valence-electron chi connectivity index (χ1n) is 7.32. The van der Waals surface area contributed by atoms with Gasteiger partial charge in [-0.1, -0.05) is 29.8 Å². The lowest BCUT2D eigenvalue weighted by atomic mass is 10.1. The summed E-state index contributed by atoms with van der Waals surface area (Å²) in [6.07, 6.45) is 0.990. The van der Waals surface area contributed by atoms with Crippen LogP contribution >= 0.6 is 24.8 Å². The van der Waals surface area contributed by atoms with E-state index in [4.69, 9.17) is 10.5 Å². The summed E-state index contributed by atoms with van der Waals surface area (Å²) in [5, 5.41) is 2.88. The average molecular weight is 366 g/mol. The van der Waals surface area contributed by atoms with Gasteiger partial charge >= 0.3 is 0 Å². The van der Waals surface area contributed by atoms with Gasteiger partial charge in [0.2, 0.25) is 5.91 Å². The molecule has 0 saturated carbocycles. The zero-order valence-corrected chi connectivity index (χ0v) is 15.7. The number of amides is 1. The maximum Gasteiger partial charge on any atom is 0.241 e. The number of methoxy groups -OCH3 is 1. The van der Waals surface area contributed by atoms with Gasteiger partial charge in [0.1, 0.15) is 6.04 Å². The summed E-state index contributed by atoms with van der Waals surface area (Å²) in [6.45, 7) is 5.12. The highest BCUT2D eigenvalue weighted by molar-refractivity contribution is 5.85. The number of aryl methyl sites for hydroxylation is 1. The molecule has 1 unspecified atom stereocenters. The third-order valence-corrected chi connectivity index (χ3v) is 3.40. The van der Waals surface area contributed by atoms with Crippen molar-refractivity contribution >= 4 is 30.7 Å². The van der Waals surface area contributed by atoms with Crippen molar-refractivity contribution in [1.82, 2.24) is 10.2 Å². The molecule has 1 atom stereocenters. The van der Waals surface area contributed by atoms with Crippen LogP contribution in [0.1, 0.15) is 23.6 Å². The normalized spacial score (nSPS) is 11.3. The van der Waals surface area contributed by atoms with Crippen LogP contribution < -0.4 is 11.1 Å². The smallest absolute Gasteiger partial charge is 0.241 e. The van der Waals surface area contributed by atoms with Crippen LogP contribution in [0.5, 0.6) is 0 Å². The molecule has 0 aliphatic carbocycles. The van der Waals surface area contributed by atoms with Crippen molar-refractivity contribution in [3.05, 3.63) is 35.4 Å². The van der Waals surface area contributed by atoms with Gasteiger partial charge in [0.05, 0.1) is 0 Å². The molecule has 0 aliphatic rings. The van der Waals surface area contributed by atoms with E-state index in [0.29, 0.717) is 6.54 Å². The lowest BCUT2D eigenvalue weighted by Crippen LogP contribution is -2.38. The number of nitrogens with two attached hydrogens (primary N) is 1. The van der Waals surface area contributed by atoms with Gasteiger partial charge in [-0.15, -0.1) is 24.8 Å². The van der Waals surface area contributed by atoms with Crippen LogP contribution in [0.2, 0.25) is 0 Å². The maximum atomic E-state index is 12.0. The minimum atomic E-state index is -0.607. The second-order valence-electron chi connectivity index (χ2n) is 5.33. The Balaban J connectivity index is 0. The van der Waals surface area contributed by atoms with Crippen molar-refractivity contribution in [1.29, 1.82) is 0 Å². The Bertz CT molecular complexity index is 430. The summed E-state index contributed by atoms with van der Waals surface area (Å²) < 4.78 is 5.01. The summed E-state index contributed by atoms with van der Waals surface area (Å²) >= 11 is 0. The van der Waals surface area contributed by atoms with Crippen LogP contribution in [0, 0.1) is 6.92 Å². The van der Waals surface area contributed by atoms with Gasteiger partial charge in [-0.25, -0.2) is 0 Å². The number of nitrogens with zero attached hydrogens (tertiary/aromatic N) is 1. The Hall–Kier alpha value is -0.850. The van der Waals surface area contributed by atoms with Crippen molar-refractivity contribution < 1.29 is 9.53 Å². The van der Waals surface area contributed by atoms with Crippen molar-refractivity contribution in [2.24, 2.45) is 5.73 Å². The Kier molecular flexibility index (Phi) is 14.4. The first-order chi connectivity index (χ1) is 10.0. The van der Waals surface area contributed by atoms with E-state index < -0.39 is 6.04 Å². The molecule has 23 heavy (non-hydrogen) atoms. The van der Waals surface area contributed by atoms with E-state index in [1.54, 1.807) is 7.11 Å². The SMILES string of the molecule is COCCCN(C)CCNC(=O)C(N)c1ccc(C)cc1.Cl.Cl. The summed E-state index contributed by atoms with van der Waals surface area (Å²) in [5.41, 5.74) is 7.96. The lowest BCUT2D eigenvalue weighted by Gasteiger charge is -2.18. The highest BCUT2D eigenvalue weighted by atomic mass is 35.5. The first kappa shape index (κ1) is 24.4. The van der Waals surface area contributed by atoms with Crippen molar-refractivity contribution in [2.75, 3.05) is 40.4 Å². The number of halogens is 2. The largest absolute Gasteiger partial charge is 0.385 e. The molecule has 0 saturated heterocycles. The number of hydrogen-bond donors (Lipinski definition) is 2. The second kappa shape index (κ2) is 13.6. The van der Waals surface area contributed by atoms with Crippen LogP contribution in [0.4, 0.5) is 0 Å². The quantitative estimate of drug-likeness (QED) is 0.656. The minimum absolute atomic E-state index is 0. The number of likely N-dealkylation sites (N-methyl/N-ethyl adjacent to an activating group) is 1. The van der Waals surface area contributed by atoms with Gasteiger partial charge in [0, 0.05) is 33.4 Å². The van der Waals surface area contributed by atoms with E-state index >= 15 is 0 Å². The van der Waals surface area contributed by atoms with E-state index in [0.717, 1.165) is 37.2 Å². The van der Waals surface area contributed by atoms with Crippen LogP contribution in [-0.4, -0.2) is 51.2 Å². The Morgan fingerprint density at radius 2 is 1.87 bits per heavy atom. The molecule has 0 fully saturated rings. The van der Waals surface area contributed by atoms with Gasteiger partial charge in [-0.2, -0.15) is 0 Å². The topological polar surface area (TPSA) is 67.6 Å². The first-order valence-corrected chi connectivity index (χ1v) is 7.32. The zero-order valence-electron chi connectivity index (χ0n) is 14.1. The molecule has 0 heterocycles. The minimum Gasteiger partial charge on any atom is -0.385 e. The molecule has 0 bridgehead atoms. The Morgan fingerprint density at radius 3 is 2.43 bits per heavy atom. The van der Waals surface area contributed by atoms with Crippen LogP contribution in [0.15, 0.2) is 24.3 Å². The van der Waals surface area contributed by atoms with Gasteiger partial charge in [-0.3, -0.25) is 4.79 Å². The van der Waals surface area contributed by atoms with Crippen LogP contribution in [-0.2, 0) is 9.53 Å².